The van der Waals surface area contributed by atoms with Crippen LogP contribution in [0.25, 0.3) is 0 Å². The van der Waals surface area contributed by atoms with Crippen LogP contribution < -0.4 is 5.73 Å². The zero-order chi connectivity index (χ0) is 21.2. The molecule has 6 nitrogen and oxygen atoms in total. The van der Waals surface area contributed by atoms with Gasteiger partial charge in [-0.3, -0.25) is 19.6 Å². The molecular weight excluding hydrogens is 364 g/mol. The molecule has 0 saturated carbocycles. The smallest absolute Gasteiger partial charge is 0.317 e. The first kappa shape index (κ1) is 22.8. The molecule has 1 aromatic carbocycles. The summed E-state index contributed by atoms with van der Waals surface area (Å²) in [6.07, 6.45) is 1.91. The third kappa shape index (κ3) is 7.48. The Morgan fingerprint density at radius 3 is 2.38 bits per heavy atom. The number of aryl methyl sites for hydroxylation is 1. The average molecular weight is 399 g/mol. The van der Waals surface area contributed by atoms with Gasteiger partial charge < -0.3 is 10.8 Å². The highest BCUT2D eigenvalue weighted by atomic mass is 16.4. The summed E-state index contributed by atoms with van der Waals surface area (Å²) in [6, 6.07) is 14.2. The second-order valence-electron chi connectivity index (χ2n) is 7.46. The molecule has 2 aromatic rings. The second kappa shape index (κ2) is 11.5. The van der Waals surface area contributed by atoms with Crippen molar-refractivity contribution in [1.82, 2.24) is 14.8 Å². The molecule has 29 heavy (non-hydrogen) atoms. The Bertz CT molecular complexity index is 764. The lowest BCUT2D eigenvalue weighted by atomic mass is 10.1. The summed E-state index contributed by atoms with van der Waals surface area (Å²) in [7, 11) is 0. The molecule has 0 aliphatic rings. The van der Waals surface area contributed by atoms with Gasteiger partial charge in [-0.1, -0.05) is 32.0 Å². The van der Waals surface area contributed by atoms with Crippen LogP contribution in [0.15, 0.2) is 42.5 Å². The number of aliphatic carboxylic acids is 1. The van der Waals surface area contributed by atoms with Crippen molar-refractivity contribution >= 4 is 11.7 Å². The van der Waals surface area contributed by atoms with E-state index in [1.165, 1.54) is 5.56 Å². The van der Waals surface area contributed by atoms with Gasteiger partial charge >= 0.3 is 5.97 Å². The van der Waals surface area contributed by atoms with Gasteiger partial charge in [-0.25, -0.2) is 0 Å². The molecular formula is C23H34N4O2. The number of carboxylic acids is 1. The monoisotopic (exact) mass is 398 g/mol. The van der Waals surface area contributed by atoms with Crippen LogP contribution in [-0.2, 0) is 17.8 Å². The maximum absolute atomic E-state index is 11.4. The van der Waals surface area contributed by atoms with Gasteiger partial charge in [-0.15, -0.1) is 0 Å². The normalized spacial score (nSPS) is 12.4. The molecule has 3 N–H and O–H groups in total. The van der Waals surface area contributed by atoms with E-state index >= 15 is 0 Å². The predicted molar refractivity (Wildman–Crippen MR) is 118 cm³/mol. The number of carbonyl (C=O) groups is 1. The van der Waals surface area contributed by atoms with Crippen LogP contribution in [0.2, 0.25) is 0 Å². The molecule has 1 aromatic heterocycles. The molecule has 2 rings (SSSR count). The van der Waals surface area contributed by atoms with E-state index in [2.05, 4.69) is 42.8 Å². The number of carboxylic acid groups (broad SMARTS) is 1. The lowest BCUT2D eigenvalue weighted by Gasteiger charge is -2.31. The van der Waals surface area contributed by atoms with E-state index in [1.807, 2.05) is 35.2 Å². The third-order valence-electron chi connectivity index (χ3n) is 5.15. The molecule has 0 bridgehead atoms. The number of pyridine rings is 1. The van der Waals surface area contributed by atoms with Gasteiger partial charge in [0.25, 0.3) is 0 Å². The quantitative estimate of drug-likeness (QED) is 0.532. The van der Waals surface area contributed by atoms with E-state index in [1.54, 1.807) is 0 Å². The molecule has 158 valence electrons. The Morgan fingerprint density at radius 2 is 1.76 bits per heavy atom. The van der Waals surface area contributed by atoms with Crippen molar-refractivity contribution in [2.75, 3.05) is 31.9 Å². The lowest BCUT2D eigenvalue weighted by molar-refractivity contribution is -0.138. The fourth-order valence-electron chi connectivity index (χ4n) is 3.49. The van der Waals surface area contributed by atoms with Crippen LogP contribution in [0, 0.1) is 0 Å². The number of hydrogen-bond acceptors (Lipinski definition) is 5. The van der Waals surface area contributed by atoms with Crippen molar-refractivity contribution in [3.8, 4) is 0 Å². The van der Waals surface area contributed by atoms with Crippen molar-refractivity contribution in [3.63, 3.8) is 0 Å². The Hall–Kier alpha value is -2.44. The van der Waals surface area contributed by atoms with Gasteiger partial charge in [-0.05, 0) is 56.1 Å². The highest BCUT2D eigenvalue weighted by Gasteiger charge is 2.18. The highest BCUT2D eigenvalue weighted by molar-refractivity contribution is 5.69. The summed E-state index contributed by atoms with van der Waals surface area (Å²) >= 11 is 0. The summed E-state index contributed by atoms with van der Waals surface area (Å²) in [5.41, 5.74) is 9.74. The van der Waals surface area contributed by atoms with Crippen molar-refractivity contribution in [2.24, 2.45) is 0 Å². The molecule has 1 atom stereocenters. The minimum atomic E-state index is -0.815. The Morgan fingerprint density at radius 1 is 1.07 bits per heavy atom. The van der Waals surface area contributed by atoms with Crippen LogP contribution in [-0.4, -0.2) is 52.0 Å². The molecule has 0 fully saturated rings. The van der Waals surface area contributed by atoms with E-state index in [9.17, 15) is 9.90 Å². The number of benzene rings is 1. The zero-order valence-corrected chi connectivity index (χ0v) is 17.8. The van der Waals surface area contributed by atoms with Crippen LogP contribution in [0.3, 0.4) is 0 Å². The number of hydrogen-bond donors (Lipinski definition) is 2. The molecule has 6 heteroatoms. The molecule has 0 radical (unpaired) electrons. The van der Waals surface area contributed by atoms with Gasteiger partial charge in [0.1, 0.15) is 0 Å². The van der Waals surface area contributed by atoms with Crippen molar-refractivity contribution < 1.29 is 9.90 Å². The van der Waals surface area contributed by atoms with Crippen LogP contribution >= 0.6 is 0 Å². The fraction of sp³-hybridized carbons (Fsp3) is 0.478. The first-order chi connectivity index (χ1) is 13.9. The molecule has 0 aliphatic heterocycles. The summed E-state index contributed by atoms with van der Waals surface area (Å²) in [5.74, 6) is -0.815. The summed E-state index contributed by atoms with van der Waals surface area (Å²) in [5, 5.41) is 9.36. The van der Waals surface area contributed by atoms with E-state index in [0.717, 1.165) is 43.0 Å². The van der Waals surface area contributed by atoms with Gasteiger partial charge in [0, 0.05) is 37.1 Å². The van der Waals surface area contributed by atoms with Crippen LogP contribution in [0.4, 0.5) is 5.69 Å². The Kier molecular flexibility index (Phi) is 9.09. The summed E-state index contributed by atoms with van der Waals surface area (Å²) in [4.78, 5) is 20.4. The zero-order valence-electron chi connectivity index (χ0n) is 17.8. The number of aromatic nitrogens is 1. The average Bonchev–Trinajstić information content (AvgIpc) is 2.70. The highest BCUT2D eigenvalue weighted by Crippen LogP contribution is 2.21. The summed E-state index contributed by atoms with van der Waals surface area (Å²) in [6.45, 7) is 9.39. The van der Waals surface area contributed by atoms with E-state index < -0.39 is 5.97 Å². The largest absolute Gasteiger partial charge is 0.480 e. The number of rotatable bonds is 12. The Labute approximate surface area is 174 Å². The van der Waals surface area contributed by atoms with E-state index in [-0.39, 0.29) is 12.6 Å². The maximum Gasteiger partial charge on any atom is 0.317 e. The molecule has 1 heterocycles. The van der Waals surface area contributed by atoms with E-state index in [4.69, 9.17) is 5.73 Å². The van der Waals surface area contributed by atoms with Gasteiger partial charge in [0.05, 0.1) is 12.2 Å². The minimum Gasteiger partial charge on any atom is -0.480 e. The topological polar surface area (TPSA) is 82.7 Å². The Balaban J connectivity index is 2.06. The number of nitrogens with zero attached hydrogens (tertiary/aromatic N) is 3. The molecule has 0 aliphatic carbocycles. The first-order valence-corrected chi connectivity index (χ1v) is 10.4. The number of nitrogen functional groups attached to an aromatic ring is 1. The molecule has 0 saturated heterocycles. The molecule has 0 spiro atoms. The van der Waals surface area contributed by atoms with Crippen LogP contribution in [0.1, 0.15) is 50.2 Å². The third-order valence-corrected chi connectivity index (χ3v) is 5.15. The van der Waals surface area contributed by atoms with Gasteiger partial charge in [-0.2, -0.15) is 0 Å². The molecule has 1 unspecified atom stereocenters. The van der Waals surface area contributed by atoms with Crippen molar-refractivity contribution in [2.45, 2.75) is 46.2 Å². The van der Waals surface area contributed by atoms with Gasteiger partial charge in [0.15, 0.2) is 0 Å². The fourth-order valence-corrected chi connectivity index (χ4v) is 3.49. The predicted octanol–water partition coefficient (Wildman–Crippen LogP) is 3.59. The van der Waals surface area contributed by atoms with Crippen molar-refractivity contribution in [3.05, 3.63) is 59.4 Å². The van der Waals surface area contributed by atoms with E-state index in [0.29, 0.717) is 13.1 Å². The SMILES string of the molecule is CCCN(CCN(CC(=O)O)Cc1cccc(CC)n1)C(C)c1ccc(N)cc1. The first-order valence-electron chi connectivity index (χ1n) is 10.4. The van der Waals surface area contributed by atoms with Gasteiger partial charge in [0.2, 0.25) is 0 Å². The second-order valence-corrected chi connectivity index (χ2v) is 7.46. The minimum absolute atomic E-state index is 0.00818. The molecule has 0 amide bonds. The lowest BCUT2D eigenvalue weighted by Crippen LogP contribution is -2.39. The number of nitrogens with two attached hydrogens (primary N) is 1. The standard InChI is InChI=1S/C23H34N4O2/c1-4-13-27(18(3)19-9-11-20(24)12-10-19)15-14-26(17-23(28)29)16-22-8-6-7-21(5-2)25-22/h6-12,18H,4-5,13-17,24H2,1-3H3,(H,28,29). The maximum atomic E-state index is 11.4. The summed E-state index contributed by atoms with van der Waals surface area (Å²) < 4.78 is 0. The number of anilines is 1. The van der Waals surface area contributed by atoms with Crippen molar-refractivity contribution in [1.29, 1.82) is 0 Å². The van der Waals surface area contributed by atoms with Crippen LogP contribution in [0.5, 0.6) is 0 Å².